The third-order valence-corrected chi connectivity index (χ3v) is 5.21. The molecular weight excluding hydrogens is 441 g/mol. The fourth-order valence-corrected chi connectivity index (χ4v) is 3.88. The van der Waals surface area contributed by atoms with Gasteiger partial charge >= 0.3 is 11.7 Å². The van der Waals surface area contributed by atoms with Gasteiger partial charge in [-0.05, 0) is 36.8 Å². The van der Waals surface area contributed by atoms with Gasteiger partial charge in [-0.3, -0.25) is 4.79 Å². The van der Waals surface area contributed by atoms with Crippen LogP contribution in [0.2, 0.25) is 0 Å². The number of thiophene rings is 1. The molecule has 11 heteroatoms. The standard InChI is InChI=1S/C21H16FN3O6S/c1-2-29-20(27)17-14(12-5-7-13(22)8-6-12)11-32-19(17)23-16(26)10-25-21(28)31-18(24-25)15-4-3-9-30-15/h3-9,11H,2,10H2,1H3,(H,23,26). The van der Waals surface area contributed by atoms with Gasteiger partial charge in [0.1, 0.15) is 22.9 Å². The first-order valence-electron chi connectivity index (χ1n) is 9.42. The Bertz CT molecular complexity index is 1300. The number of hydrogen-bond acceptors (Lipinski definition) is 8. The van der Waals surface area contributed by atoms with E-state index in [0.717, 1.165) is 16.0 Å². The van der Waals surface area contributed by atoms with E-state index in [9.17, 15) is 18.8 Å². The number of nitrogens with zero attached hydrogens (tertiary/aromatic N) is 2. The summed E-state index contributed by atoms with van der Waals surface area (Å²) < 4.78 is 29.4. The van der Waals surface area contributed by atoms with E-state index < -0.39 is 30.0 Å². The summed E-state index contributed by atoms with van der Waals surface area (Å²) in [6.45, 7) is 1.34. The molecule has 3 aromatic heterocycles. The van der Waals surface area contributed by atoms with Crippen molar-refractivity contribution in [2.24, 2.45) is 0 Å². The minimum atomic E-state index is -0.838. The SMILES string of the molecule is CCOC(=O)c1c(-c2ccc(F)cc2)csc1NC(=O)Cn1nc(-c2ccco2)oc1=O. The van der Waals surface area contributed by atoms with Crippen LogP contribution < -0.4 is 11.1 Å². The fourth-order valence-electron chi connectivity index (χ4n) is 2.91. The van der Waals surface area contributed by atoms with E-state index in [1.54, 1.807) is 24.4 Å². The zero-order valence-electron chi connectivity index (χ0n) is 16.7. The van der Waals surface area contributed by atoms with Crippen molar-refractivity contribution >= 4 is 28.2 Å². The molecule has 1 amide bonds. The molecular formula is C21H16FN3O6S. The summed E-state index contributed by atoms with van der Waals surface area (Å²) in [7, 11) is 0. The summed E-state index contributed by atoms with van der Waals surface area (Å²) in [6, 6.07) is 8.76. The smallest absolute Gasteiger partial charge is 0.437 e. The van der Waals surface area contributed by atoms with Crippen molar-refractivity contribution in [2.75, 3.05) is 11.9 Å². The zero-order valence-corrected chi connectivity index (χ0v) is 17.5. The Labute approximate surface area is 184 Å². The van der Waals surface area contributed by atoms with Crippen LogP contribution in [-0.2, 0) is 16.1 Å². The molecule has 1 aromatic carbocycles. The topological polar surface area (TPSA) is 117 Å². The Hall–Kier alpha value is -3.99. The van der Waals surface area contributed by atoms with Gasteiger partial charge in [0.15, 0.2) is 5.76 Å². The number of amides is 1. The molecule has 0 spiro atoms. The summed E-state index contributed by atoms with van der Waals surface area (Å²) in [5, 5.41) is 8.44. The van der Waals surface area contributed by atoms with E-state index in [1.165, 1.54) is 30.5 Å². The number of furan rings is 1. The largest absolute Gasteiger partial charge is 0.462 e. The molecule has 0 radical (unpaired) electrons. The number of hydrogen-bond donors (Lipinski definition) is 1. The first-order valence-corrected chi connectivity index (χ1v) is 10.3. The number of rotatable bonds is 7. The minimum absolute atomic E-state index is 0.0604. The van der Waals surface area contributed by atoms with Crippen LogP contribution in [0.4, 0.5) is 9.39 Å². The van der Waals surface area contributed by atoms with E-state index in [4.69, 9.17) is 13.6 Å². The Morgan fingerprint density at radius 2 is 2.03 bits per heavy atom. The molecule has 1 N–H and O–H groups in total. The maximum Gasteiger partial charge on any atom is 0.437 e. The van der Waals surface area contributed by atoms with E-state index >= 15 is 0 Å². The lowest BCUT2D eigenvalue weighted by Crippen LogP contribution is -2.26. The number of ether oxygens (including phenoxy) is 1. The lowest BCUT2D eigenvalue weighted by molar-refractivity contribution is -0.117. The number of benzene rings is 1. The highest BCUT2D eigenvalue weighted by molar-refractivity contribution is 7.15. The van der Waals surface area contributed by atoms with Gasteiger partial charge in [-0.2, -0.15) is 4.68 Å². The number of esters is 1. The third kappa shape index (κ3) is 4.37. The molecule has 0 saturated carbocycles. The van der Waals surface area contributed by atoms with Crippen LogP contribution in [0.15, 0.2) is 61.7 Å². The van der Waals surface area contributed by atoms with Crippen LogP contribution >= 0.6 is 11.3 Å². The number of carbonyl (C=O) groups excluding carboxylic acids is 2. The summed E-state index contributed by atoms with van der Waals surface area (Å²) in [5.74, 6) is -2.31. The van der Waals surface area contributed by atoms with Crippen molar-refractivity contribution in [3.63, 3.8) is 0 Å². The van der Waals surface area contributed by atoms with Crippen LogP contribution in [0.5, 0.6) is 0 Å². The number of carbonyl (C=O) groups is 2. The van der Waals surface area contributed by atoms with Gasteiger partial charge in [-0.1, -0.05) is 12.1 Å². The Kier molecular flexibility index (Phi) is 5.99. The first kappa shape index (κ1) is 21.2. The predicted molar refractivity (Wildman–Crippen MR) is 113 cm³/mol. The van der Waals surface area contributed by atoms with Crippen molar-refractivity contribution in [1.29, 1.82) is 0 Å². The highest BCUT2D eigenvalue weighted by atomic mass is 32.1. The lowest BCUT2D eigenvalue weighted by atomic mass is 10.0. The van der Waals surface area contributed by atoms with Crippen molar-refractivity contribution in [2.45, 2.75) is 13.5 Å². The molecule has 164 valence electrons. The lowest BCUT2D eigenvalue weighted by Gasteiger charge is -2.08. The van der Waals surface area contributed by atoms with Crippen LogP contribution in [-0.4, -0.2) is 28.3 Å². The molecule has 4 rings (SSSR count). The molecule has 32 heavy (non-hydrogen) atoms. The average Bonchev–Trinajstić information content (AvgIpc) is 3.50. The molecule has 0 atom stereocenters. The third-order valence-electron chi connectivity index (χ3n) is 4.31. The van der Waals surface area contributed by atoms with E-state index in [-0.39, 0.29) is 28.8 Å². The quantitative estimate of drug-likeness (QED) is 0.420. The highest BCUT2D eigenvalue weighted by Crippen LogP contribution is 2.36. The Morgan fingerprint density at radius 3 is 2.72 bits per heavy atom. The van der Waals surface area contributed by atoms with Crippen LogP contribution in [0.1, 0.15) is 17.3 Å². The highest BCUT2D eigenvalue weighted by Gasteiger charge is 2.23. The van der Waals surface area contributed by atoms with Gasteiger partial charge in [0.25, 0.3) is 5.89 Å². The Morgan fingerprint density at radius 1 is 1.25 bits per heavy atom. The molecule has 0 unspecified atom stereocenters. The maximum absolute atomic E-state index is 13.3. The molecule has 0 aliphatic heterocycles. The zero-order chi connectivity index (χ0) is 22.7. The normalized spacial score (nSPS) is 10.8. The fraction of sp³-hybridized carbons (Fsp3) is 0.143. The van der Waals surface area contributed by atoms with E-state index in [0.29, 0.717) is 11.1 Å². The monoisotopic (exact) mass is 457 g/mol. The second-order valence-corrected chi connectivity index (χ2v) is 7.32. The summed E-state index contributed by atoms with van der Waals surface area (Å²) in [5.41, 5.74) is 1.21. The molecule has 0 saturated heterocycles. The van der Waals surface area contributed by atoms with Gasteiger partial charge in [0.05, 0.1) is 12.9 Å². The van der Waals surface area contributed by atoms with Gasteiger partial charge in [-0.25, -0.2) is 14.0 Å². The van der Waals surface area contributed by atoms with Crippen molar-refractivity contribution in [1.82, 2.24) is 9.78 Å². The van der Waals surface area contributed by atoms with Crippen LogP contribution in [0.25, 0.3) is 22.8 Å². The minimum Gasteiger partial charge on any atom is -0.462 e. The molecule has 0 bridgehead atoms. The molecule has 4 aromatic rings. The van der Waals surface area contributed by atoms with Crippen molar-refractivity contribution in [3.05, 3.63) is 70.0 Å². The second-order valence-electron chi connectivity index (χ2n) is 6.44. The second kappa shape index (κ2) is 9.02. The number of aromatic nitrogens is 2. The molecule has 0 aliphatic rings. The summed E-state index contributed by atoms with van der Waals surface area (Å²) in [4.78, 5) is 37.2. The van der Waals surface area contributed by atoms with Crippen molar-refractivity contribution < 1.29 is 27.6 Å². The van der Waals surface area contributed by atoms with Crippen molar-refractivity contribution in [3.8, 4) is 22.8 Å². The maximum atomic E-state index is 13.3. The summed E-state index contributed by atoms with van der Waals surface area (Å²) in [6.07, 6.45) is 1.40. The van der Waals surface area contributed by atoms with Gasteiger partial charge in [0.2, 0.25) is 5.91 Å². The van der Waals surface area contributed by atoms with Crippen LogP contribution in [0, 0.1) is 5.82 Å². The van der Waals surface area contributed by atoms with E-state index in [1.807, 2.05) is 0 Å². The molecule has 3 heterocycles. The first-order chi connectivity index (χ1) is 15.5. The van der Waals surface area contributed by atoms with E-state index in [2.05, 4.69) is 10.4 Å². The van der Waals surface area contributed by atoms with Gasteiger partial charge < -0.3 is 18.9 Å². The molecule has 9 nitrogen and oxygen atoms in total. The number of nitrogens with one attached hydrogen (secondary N) is 1. The number of halogens is 1. The number of anilines is 1. The Balaban J connectivity index is 1.58. The molecule has 0 aliphatic carbocycles. The predicted octanol–water partition coefficient (Wildman–Crippen LogP) is 3.78. The van der Waals surface area contributed by atoms with Gasteiger partial charge in [0, 0.05) is 10.9 Å². The molecule has 0 fully saturated rings. The average molecular weight is 457 g/mol. The summed E-state index contributed by atoms with van der Waals surface area (Å²) >= 11 is 1.10. The van der Waals surface area contributed by atoms with Gasteiger partial charge in [-0.15, -0.1) is 16.4 Å². The van der Waals surface area contributed by atoms with Crippen LogP contribution in [0.3, 0.4) is 0 Å².